The largest absolute Gasteiger partial charge is 0.357 e. The zero-order valence-corrected chi connectivity index (χ0v) is 14.1. The van der Waals surface area contributed by atoms with Crippen molar-refractivity contribution in [3.8, 4) is 0 Å². The van der Waals surface area contributed by atoms with Gasteiger partial charge in [0, 0.05) is 34.9 Å². The van der Waals surface area contributed by atoms with Crippen molar-refractivity contribution >= 4 is 41.9 Å². The number of rotatable bonds is 4. The molecule has 2 aromatic rings. The molecule has 1 N–H and O–H groups in total. The highest BCUT2D eigenvalue weighted by atomic mass is 79.9. The summed E-state index contributed by atoms with van der Waals surface area (Å²) in [5.41, 5.74) is 0.914. The number of aryl methyl sites for hydroxylation is 1. The molecule has 0 saturated heterocycles. The van der Waals surface area contributed by atoms with Crippen LogP contribution in [-0.2, 0) is 23.6 Å². The first-order valence-corrected chi connectivity index (χ1v) is 8.51. The topological polar surface area (TPSA) is 51.1 Å². The lowest BCUT2D eigenvalue weighted by Gasteiger charge is -2.08. The Balaban J connectivity index is 2.20. The molecule has 7 heteroatoms. The van der Waals surface area contributed by atoms with Crippen LogP contribution < -0.4 is 4.72 Å². The maximum absolute atomic E-state index is 12.2. The van der Waals surface area contributed by atoms with Gasteiger partial charge in [0.1, 0.15) is 0 Å². The predicted molar refractivity (Wildman–Crippen MR) is 81.3 cm³/mol. The van der Waals surface area contributed by atoms with E-state index in [9.17, 15) is 8.42 Å². The van der Waals surface area contributed by atoms with Crippen molar-refractivity contribution in [2.45, 2.75) is 11.4 Å². The molecule has 19 heavy (non-hydrogen) atoms. The Kier molecular flexibility index (Phi) is 4.50. The molecule has 0 aliphatic rings. The first-order chi connectivity index (χ1) is 8.88. The number of halogens is 2. The van der Waals surface area contributed by atoms with E-state index in [1.807, 2.05) is 30.1 Å². The molecule has 0 atom stereocenters. The van der Waals surface area contributed by atoms with Crippen molar-refractivity contribution in [1.29, 1.82) is 0 Å². The van der Waals surface area contributed by atoms with Crippen LogP contribution in [0.25, 0.3) is 0 Å². The van der Waals surface area contributed by atoms with Gasteiger partial charge in [-0.25, -0.2) is 13.1 Å². The van der Waals surface area contributed by atoms with Crippen LogP contribution in [0.2, 0.25) is 0 Å². The molecule has 0 bridgehead atoms. The number of aromatic nitrogens is 1. The highest BCUT2D eigenvalue weighted by Gasteiger charge is 2.17. The van der Waals surface area contributed by atoms with E-state index in [1.165, 1.54) is 0 Å². The van der Waals surface area contributed by atoms with Crippen LogP contribution in [0.15, 0.2) is 50.5 Å². The lowest BCUT2D eigenvalue weighted by molar-refractivity contribution is 0.580. The second-order valence-electron chi connectivity index (χ2n) is 4.08. The van der Waals surface area contributed by atoms with Crippen LogP contribution in [0.1, 0.15) is 5.56 Å². The molecule has 0 amide bonds. The van der Waals surface area contributed by atoms with Crippen LogP contribution in [0.5, 0.6) is 0 Å². The Morgan fingerprint density at radius 2 is 2.00 bits per heavy atom. The number of hydrogen-bond donors (Lipinski definition) is 1. The molecule has 0 aliphatic heterocycles. The predicted octanol–water partition coefficient (Wildman–Crippen LogP) is 3.03. The third kappa shape index (κ3) is 3.68. The lowest BCUT2D eigenvalue weighted by atomic mass is 10.3. The third-order valence-corrected chi connectivity index (χ3v) is 5.43. The Labute approximate surface area is 129 Å². The summed E-state index contributed by atoms with van der Waals surface area (Å²) >= 11 is 6.52. The summed E-state index contributed by atoms with van der Waals surface area (Å²) in [6, 6.07) is 6.91. The van der Waals surface area contributed by atoms with E-state index in [-0.39, 0.29) is 11.4 Å². The van der Waals surface area contributed by atoms with Gasteiger partial charge in [0.15, 0.2) is 0 Å². The fourth-order valence-electron chi connectivity index (χ4n) is 1.60. The molecule has 1 aromatic heterocycles. The second-order valence-corrected chi connectivity index (χ2v) is 7.59. The fraction of sp³-hybridized carbons (Fsp3) is 0.167. The van der Waals surface area contributed by atoms with Gasteiger partial charge in [-0.1, -0.05) is 15.9 Å². The lowest BCUT2D eigenvalue weighted by Crippen LogP contribution is -2.23. The van der Waals surface area contributed by atoms with Gasteiger partial charge < -0.3 is 4.57 Å². The minimum Gasteiger partial charge on any atom is -0.357 e. The molecule has 0 saturated carbocycles. The second kappa shape index (κ2) is 5.78. The number of nitrogens with zero attached hydrogens (tertiary/aromatic N) is 1. The van der Waals surface area contributed by atoms with Gasteiger partial charge in [0.2, 0.25) is 10.0 Å². The van der Waals surface area contributed by atoms with E-state index in [0.717, 1.165) is 10.0 Å². The molecular weight excluding hydrogens is 396 g/mol. The summed E-state index contributed by atoms with van der Waals surface area (Å²) in [6.07, 6.45) is 3.75. The normalized spacial score (nSPS) is 11.7. The Morgan fingerprint density at radius 3 is 2.63 bits per heavy atom. The molecular formula is C12H12Br2N2O2S. The van der Waals surface area contributed by atoms with E-state index in [1.54, 1.807) is 18.2 Å². The number of benzene rings is 1. The SMILES string of the molecule is Cn1ccc(CNS(=O)(=O)c2cc(Br)ccc2Br)c1. The summed E-state index contributed by atoms with van der Waals surface area (Å²) < 4.78 is 30.1. The van der Waals surface area contributed by atoms with Crippen molar-refractivity contribution in [2.24, 2.45) is 7.05 Å². The van der Waals surface area contributed by atoms with Crippen LogP contribution in [0.3, 0.4) is 0 Å². The molecule has 1 aromatic carbocycles. The highest BCUT2D eigenvalue weighted by Crippen LogP contribution is 2.25. The Hall–Kier alpha value is -0.630. The van der Waals surface area contributed by atoms with Gasteiger partial charge in [0.05, 0.1) is 4.90 Å². The first kappa shape index (κ1) is 14.8. The van der Waals surface area contributed by atoms with Gasteiger partial charge in [-0.05, 0) is 45.8 Å². The maximum Gasteiger partial charge on any atom is 0.242 e. The third-order valence-electron chi connectivity index (χ3n) is 2.54. The molecule has 0 unspecified atom stereocenters. The quantitative estimate of drug-likeness (QED) is 0.846. The average Bonchev–Trinajstić information content (AvgIpc) is 2.76. The summed E-state index contributed by atoms with van der Waals surface area (Å²) in [4.78, 5) is 0.220. The van der Waals surface area contributed by atoms with Crippen LogP contribution in [0.4, 0.5) is 0 Å². The van der Waals surface area contributed by atoms with E-state index in [4.69, 9.17) is 0 Å². The summed E-state index contributed by atoms with van der Waals surface area (Å²) in [6.45, 7) is 0.266. The zero-order chi connectivity index (χ0) is 14.0. The summed E-state index contributed by atoms with van der Waals surface area (Å²) in [5, 5.41) is 0. The molecule has 0 aliphatic carbocycles. The van der Waals surface area contributed by atoms with E-state index in [0.29, 0.717) is 4.47 Å². The smallest absolute Gasteiger partial charge is 0.242 e. The van der Waals surface area contributed by atoms with Crippen molar-refractivity contribution in [3.63, 3.8) is 0 Å². The maximum atomic E-state index is 12.2. The molecule has 102 valence electrons. The minimum atomic E-state index is -3.54. The molecule has 0 radical (unpaired) electrons. The summed E-state index contributed by atoms with van der Waals surface area (Å²) in [7, 11) is -1.65. The van der Waals surface area contributed by atoms with Crippen LogP contribution in [-0.4, -0.2) is 13.0 Å². The highest BCUT2D eigenvalue weighted by molar-refractivity contribution is 9.11. The van der Waals surface area contributed by atoms with Crippen molar-refractivity contribution in [1.82, 2.24) is 9.29 Å². The van der Waals surface area contributed by atoms with Gasteiger partial charge >= 0.3 is 0 Å². The molecule has 4 nitrogen and oxygen atoms in total. The minimum absolute atomic E-state index is 0.220. The number of hydrogen-bond acceptors (Lipinski definition) is 2. The first-order valence-electron chi connectivity index (χ1n) is 5.44. The van der Waals surface area contributed by atoms with Gasteiger partial charge in [0.25, 0.3) is 0 Å². The van der Waals surface area contributed by atoms with Crippen molar-refractivity contribution < 1.29 is 8.42 Å². The van der Waals surface area contributed by atoms with Gasteiger partial charge in [-0.3, -0.25) is 0 Å². The molecule has 0 fully saturated rings. The number of sulfonamides is 1. The monoisotopic (exact) mass is 406 g/mol. The van der Waals surface area contributed by atoms with E-state index < -0.39 is 10.0 Å². The molecule has 1 heterocycles. The van der Waals surface area contributed by atoms with E-state index in [2.05, 4.69) is 36.6 Å². The molecule has 2 rings (SSSR count). The standard InChI is InChI=1S/C12H12Br2N2O2S/c1-16-5-4-9(8-16)7-15-19(17,18)12-6-10(13)2-3-11(12)14/h2-6,8,15H,7H2,1H3. The zero-order valence-electron chi connectivity index (χ0n) is 10.1. The van der Waals surface area contributed by atoms with Crippen molar-refractivity contribution in [2.75, 3.05) is 0 Å². The van der Waals surface area contributed by atoms with Gasteiger partial charge in [-0.15, -0.1) is 0 Å². The average molecular weight is 408 g/mol. The summed E-state index contributed by atoms with van der Waals surface area (Å²) in [5.74, 6) is 0. The van der Waals surface area contributed by atoms with Crippen LogP contribution in [0, 0.1) is 0 Å². The van der Waals surface area contributed by atoms with Gasteiger partial charge in [-0.2, -0.15) is 0 Å². The van der Waals surface area contributed by atoms with E-state index >= 15 is 0 Å². The van der Waals surface area contributed by atoms with Crippen LogP contribution >= 0.6 is 31.9 Å². The molecule has 0 spiro atoms. The Bertz CT molecular complexity index is 696. The number of nitrogens with one attached hydrogen (secondary N) is 1. The van der Waals surface area contributed by atoms with Crippen molar-refractivity contribution in [3.05, 3.63) is 51.2 Å². The fourth-order valence-corrected chi connectivity index (χ4v) is 4.12. The Morgan fingerprint density at radius 1 is 1.26 bits per heavy atom.